The molecule has 2 aromatic rings. The number of carbonyl (C=O) groups is 1. The van der Waals surface area contributed by atoms with Gasteiger partial charge >= 0.3 is 5.97 Å². The second-order valence-corrected chi connectivity index (χ2v) is 4.21. The molecule has 0 unspecified atom stereocenters. The highest BCUT2D eigenvalue weighted by molar-refractivity contribution is 5.87. The van der Waals surface area contributed by atoms with Crippen LogP contribution in [0.5, 0.6) is 5.75 Å². The topological polar surface area (TPSA) is 40.5 Å². The molecule has 5 heteroatoms. The van der Waals surface area contributed by atoms with Gasteiger partial charge in [0.15, 0.2) is 11.6 Å². The molecule has 0 radical (unpaired) electrons. The average Bonchev–Trinajstić information content (AvgIpc) is 2.87. The summed E-state index contributed by atoms with van der Waals surface area (Å²) in [5.41, 5.74) is 1.19. The molecule has 0 spiro atoms. The lowest BCUT2D eigenvalue weighted by Crippen LogP contribution is -2.12. The van der Waals surface area contributed by atoms with Crippen LogP contribution >= 0.6 is 0 Å². The summed E-state index contributed by atoms with van der Waals surface area (Å²) >= 11 is 0. The molecule has 0 fully saturated rings. The normalized spacial score (nSPS) is 10.3. The van der Waals surface area contributed by atoms with E-state index >= 15 is 0 Å². The van der Waals surface area contributed by atoms with Gasteiger partial charge in [0, 0.05) is 12.7 Å². The summed E-state index contributed by atoms with van der Waals surface area (Å²) in [7, 11) is 1.42. The minimum atomic E-state index is -0.421. The van der Waals surface area contributed by atoms with Crippen molar-refractivity contribution < 1.29 is 18.7 Å². The Kier molecular flexibility index (Phi) is 4.40. The van der Waals surface area contributed by atoms with Gasteiger partial charge in [-0.3, -0.25) is 0 Å². The lowest BCUT2D eigenvalue weighted by molar-refractivity contribution is 0.0514. The van der Waals surface area contributed by atoms with Crippen molar-refractivity contribution in [1.82, 2.24) is 4.57 Å². The van der Waals surface area contributed by atoms with Gasteiger partial charge in [0.1, 0.15) is 5.69 Å². The van der Waals surface area contributed by atoms with Gasteiger partial charge in [-0.15, -0.1) is 0 Å². The van der Waals surface area contributed by atoms with Gasteiger partial charge in [-0.05, 0) is 36.8 Å². The summed E-state index contributed by atoms with van der Waals surface area (Å²) in [6, 6.07) is 8.16. The van der Waals surface area contributed by atoms with Gasteiger partial charge in [0.2, 0.25) is 0 Å². The molecule has 0 aliphatic rings. The first kappa shape index (κ1) is 14.1. The quantitative estimate of drug-likeness (QED) is 0.789. The van der Waals surface area contributed by atoms with E-state index in [0.717, 1.165) is 5.56 Å². The van der Waals surface area contributed by atoms with Crippen LogP contribution < -0.4 is 4.74 Å². The van der Waals surface area contributed by atoms with E-state index in [-0.39, 0.29) is 11.7 Å². The van der Waals surface area contributed by atoms with Crippen LogP contribution in [0.4, 0.5) is 4.39 Å². The molecule has 106 valence electrons. The number of hydrogen-bond acceptors (Lipinski definition) is 3. The molecule has 1 aromatic carbocycles. The Morgan fingerprint density at radius 2 is 2.15 bits per heavy atom. The first-order valence-corrected chi connectivity index (χ1v) is 6.30. The summed E-state index contributed by atoms with van der Waals surface area (Å²) < 4.78 is 25.2. The van der Waals surface area contributed by atoms with E-state index in [1.165, 1.54) is 13.2 Å². The standard InChI is InChI=1S/C15H16FNO3/c1-3-20-15(18)13-5-4-8-17(13)10-11-6-7-14(19-2)12(16)9-11/h4-9H,3,10H2,1-2H3. The van der Waals surface area contributed by atoms with Crippen LogP contribution in [0.1, 0.15) is 23.0 Å². The zero-order valence-corrected chi connectivity index (χ0v) is 11.4. The van der Waals surface area contributed by atoms with Crippen LogP contribution in [0.25, 0.3) is 0 Å². The predicted octanol–water partition coefficient (Wildman–Crippen LogP) is 2.86. The Balaban J connectivity index is 2.20. The molecule has 0 amide bonds. The lowest BCUT2D eigenvalue weighted by atomic mass is 10.2. The third-order valence-electron chi connectivity index (χ3n) is 2.88. The molecule has 2 rings (SSSR count). The largest absolute Gasteiger partial charge is 0.494 e. The third kappa shape index (κ3) is 2.99. The van der Waals surface area contributed by atoms with Crippen molar-refractivity contribution in [3.63, 3.8) is 0 Å². The zero-order valence-electron chi connectivity index (χ0n) is 11.4. The van der Waals surface area contributed by atoms with Crippen molar-refractivity contribution in [2.45, 2.75) is 13.5 Å². The monoisotopic (exact) mass is 277 g/mol. The summed E-state index contributed by atoms with van der Waals surface area (Å²) in [6.45, 7) is 2.47. The number of esters is 1. The average molecular weight is 277 g/mol. The van der Waals surface area contributed by atoms with Crippen LogP contribution in [0.2, 0.25) is 0 Å². The number of methoxy groups -OCH3 is 1. The van der Waals surface area contributed by atoms with Crippen LogP contribution in [0, 0.1) is 5.82 Å². The fraction of sp³-hybridized carbons (Fsp3) is 0.267. The Bertz CT molecular complexity index is 607. The number of benzene rings is 1. The maximum absolute atomic E-state index is 13.6. The number of carbonyl (C=O) groups excluding carboxylic acids is 1. The van der Waals surface area contributed by atoms with Crippen molar-refractivity contribution in [3.8, 4) is 5.75 Å². The number of halogens is 1. The van der Waals surface area contributed by atoms with Gasteiger partial charge in [-0.25, -0.2) is 9.18 Å². The molecule has 0 saturated heterocycles. The van der Waals surface area contributed by atoms with E-state index in [1.807, 2.05) is 0 Å². The fourth-order valence-corrected chi connectivity index (χ4v) is 1.95. The van der Waals surface area contributed by atoms with E-state index < -0.39 is 5.82 Å². The van der Waals surface area contributed by atoms with Crippen LogP contribution in [-0.4, -0.2) is 24.3 Å². The smallest absolute Gasteiger partial charge is 0.354 e. The van der Waals surface area contributed by atoms with Crippen molar-refractivity contribution in [1.29, 1.82) is 0 Å². The molecular formula is C15H16FNO3. The lowest BCUT2D eigenvalue weighted by Gasteiger charge is -2.10. The number of nitrogens with zero attached hydrogens (tertiary/aromatic N) is 1. The maximum atomic E-state index is 13.6. The van der Waals surface area contributed by atoms with Crippen LogP contribution in [0.3, 0.4) is 0 Å². The summed E-state index contributed by atoms with van der Waals surface area (Å²) in [6.07, 6.45) is 1.76. The van der Waals surface area contributed by atoms with Crippen molar-refractivity contribution in [3.05, 3.63) is 53.6 Å². The fourth-order valence-electron chi connectivity index (χ4n) is 1.95. The van der Waals surface area contributed by atoms with E-state index in [4.69, 9.17) is 9.47 Å². The number of rotatable bonds is 5. The number of aromatic nitrogens is 1. The zero-order chi connectivity index (χ0) is 14.5. The summed E-state index contributed by atoms with van der Waals surface area (Å²) in [5, 5.41) is 0. The third-order valence-corrected chi connectivity index (χ3v) is 2.88. The second kappa shape index (κ2) is 6.23. The summed E-state index contributed by atoms with van der Waals surface area (Å²) in [4.78, 5) is 11.7. The maximum Gasteiger partial charge on any atom is 0.354 e. The van der Waals surface area contributed by atoms with Gasteiger partial charge in [-0.1, -0.05) is 6.07 Å². The molecule has 0 atom stereocenters. The molecule has 1 aromatic heterocycles. The highest BCUT2D eigenvalue weighted by Gasteiger charge is 2.12. The molecule has 0 aliphatic carbocycles. The van der Waals surface area contributed by atoms with E-state index in [2.05, 4.69) is 0 Å². The first-order valence-electron chi connectivity index (χ1n) is 6.30. The van der Waals surface area contributed by atoms with Crippen LogP contribution in [-0.2, 0) is 11.3 Å². The van der Waals surface area contributed by atoms with E-state index in [1.54, 1.807) is 42.0 Å². The molecule has 4 nitrogen and oxygen atoms in total. The molecular weight excluding hydrogens is 261 g/mol. The highest BCUT2D eigenvalue weighted by Crippen LogP contribution is 2.19. The molecule has 0 aliphatic heterocycles. The predicted molar refractivity (Wildman–Crippen MR) is 72.4 cm³/mol. The van der Waals surface area contributed by atoms with E-state index in [9.17, 15) is 9.18 Å². The number of ether oxygens (including phenoxy) is 2. The second-order valence-electron chi connectivity index (χ2n) is 4.21. The Hall–Kier alpha value is -2.30. The Labute approximate surface area is 116 Å². The first-order chi connectivity index (χ1) is 9.65. The minimum absolute atomic E-state index is 0.201. The van der Waals surface area contributed by atoms with Crippen molar-refractivity contribution in [2.75, 3.05) is 13.7 Å². The molecule has 20 heavy (non-hydrogen) atoms. The Morgan fingerprint density at radius 1 is 1.35 bits per heavy atom. The molecule has 1 heterocycles. The molecule has 0 saturated carbocycles. The Morgan fingerprint density at radius 3 is 2.80 bits per heavy atom. The van der Waals surface area contributed by atoms with Crippen molar-refractivity contribution >= 4 is 5.97 Å². The SMILES string of the molecule is CCOC(=O)c1cccn1Cc1ccc(OC)c(F)c1. The van der Waals surface area contributed by atoms with Crippen LogP contribution in [0.15, 0.2) is 36.5 Å². The van der Waals surface area contributed by atoms with Gasteiger partial charge in [0.25, 0.3) is 0 Å². The van der Waals surface area contributed by atoms with Crippen molar-refractivity contribution in [2.24, 2.45) is 0 Å². The minimum Gasteiger partial charge on any atom is -0.494 e. The van der Waals surface area contributed by atoms with Gasteiger partial charge < -0.3 is 14.0 Å². The number of hydrogen-bond donors (Lipinski definition) is 0. The highest BCUT2D eigenvalue weighted by atomic mass is 19.1. The van der Waals surface area contributed by atoms with E-state index in [0.29, 0.717) is 18.8 Å². The summed E-state index contributed by atoms with van der Waals surface area (Å²) in [5.74, 6) is -0.604. The van der Waals surface area contributed by atoms with Gasteiger partial charge in [-0.2, -0.15) is 0 Å². The molecule has 0 N–H and O–H groups in total. The van der Waals surface area contributed by atoms with Gasteiger partial charge in [0.05, 0.1) is 13.7 Å². The molecule has 0 bridgehead atoms.